The van der Waals surface area contributed by atoms with Gasteiger partial charge in [0.05, 0.1) is 17.4 Å². The lowest BCUT2D eigenvalue weighted by molar-refractivity contribution is 0.0989. The number of rotatable bonds is 2. The Morgan fingerprint density at radius 1 is 1.16 bits per heavy atom. The maximum Gasteiger partial charge on any atom is 0.285 e. The third-order valence-corrected chi connectivity index (χ3v) is 4.10. The highest BCUT2D eigenvalue weighted by Crippen LogP contribution is 2.20. The van der Waals surface area contributed by atoms with Gasteiger partial charge in [-0.1, -0.05) is 23.4 Å². The molecule has 0 aliphatic rings. The van der Waals surface area contributed by atoms with Gasteiger partial charge < -0.3 is 5.73 Å². The molecular weight excluding hydrogens is 336 g/mol. The standard InChI is InChI=1S/C19H15ClN4O/c1-12-13(2)23-11-17(24-10-9-22-19(24)18(21)25)16(12)8-5-14-3-6-15(20)7-4-14/h3-4,6-7,9-11H,1-2H3,(H2,21,25). The number of halogens is 1. The molecule has 3 rings (SSSR count). The lowest BCUT2D eigenvalue weighted by Gasteiger charge is -2.11. The summed E-state index contributed by atoms with van der Waals surface area (Å²) in [6.07, 6.45) is 4.85. The van der Waals surface area contributed by atoms with Crippen LogP contribution >= 0.6 is 11.6 Å². The molecule has 0 saturated heterocycles. The smallest absolute Gasteiger partial charge is 0.285 e. The highest BCUT2D eigenvalue weighted by molar-refractivity contribution is 6.30. The lowest BCUT2D eigenvalue weighted by Crippen LogP contribution is -2.18. The zero-order valence-corrected chi connectivity index (χ0v) is 14.5. The number of aromatic nitrogens is 3. The van der Waals surface area contributed by atoms with Gasteiger partial charge in [-0.25, -0.2) is 4.98 Å². The Hall–Kier alpha value is -3.10. The molecule has 1 amide bonds. The van der Waals surface area contributed by atoms with Crippen molar-refractivity contribution >= 4 is 17.5 Å². The van der Waals surface area contributed by atoms with Gasteiger partial charge in [-0.3, -0.25) is 14.3 Å². The Balaban J connectivity index is 2.16. The lowest BCUT2D eigenvalue weighted by atomic mass is 10.1. The number of hydrogen-bond donors (Lipinski definition) is 1. The number of carbonyl (C=O) groups is 1. The number of pyridine rings is 1. The number of nitrogens with two attached hydrogens (primary N) is 1. The van der Waals surface area contributed by atoms with Crippen LogP contribution in [0.25, 0.3) is 5.69 Å². The molecule has 124 valence electrons. The summed E-state index contributed by atoms with van der Waals surface area (Å²) in [6.45, 7) is 3.86. The summed E-state index contributed by atoms with van der Waals surface area (Å²) in [4.78, 5) is 20.0. The summed E-state index contributed by atoms with van der Waals surface area (Å²) in [5, 5.41) is 0.659. The average molecular weight is 351 g/mol. The van der Waals surface area contributed by atoms with Gasteiger partial charge in [-0.2, -0.15) is 0 Å². The predicted octanol–water partition coefficient (Wildman–Crippen LogP) is 3.04. The highest BCUT2D eigenvalue weighted by atomic mass is 35.5. The van der Waals surface area contributed by atoms with Crippen LogP contribution in [-0.2, 0) is 0 Å². The highest BCUT2D eigenvalue weighted by Gasteiger charge is 2.15. The van der Waals surface area contributed by atoms with Crippen LogP contribution in [-0.4, -0.2) is 20.4 Å². The van der Waals surface area contributed by atoms with Crippen LogP contribution in [0.2, 0.25) is 5.02 Å². The van der Waals surface area contributed by atoms with E-state index in [2.05, 4.69) is 21.8 Å². The van der Waals surface area contributed by atoms with E-state index in [1.807, 2.05) is 26.0 Å². The number of aryl methyl sites for hydroxylation is 1. The molecule has 3 aromatic rings. The third kappa shape index (κ3) is 3.39. The van der Waals surface area contributed by atoms with E-state index in [0.717, 1.165) is 22.4 Å². The first-order valence-corrected chi connectivity index (χ1v) is 7.92. The Morgan fingerprint density at radius 2 is 1.88 bits per heavy atom. The third-order valence-electron chi connectivity index (χ3n) is 3.85. The number of primary amides is 1. The molecule has 25 heavy (non-hydrogen) atoms. The molecule has 2 heterocycles. The van der Waals surface area contributed by atoms with E-state index in [0.29, 0.717) is 10.7 Å². The fourth-order valence-corrected chi connectivity index (χ4v) is 2.51. The number of hydrogen-bond acceptors (Lipinski definition) is 3. The molecular formula is C19H15ClN4O. The van der Waals surface area contributed by atoms with Gasteiger partial charge in [0.2, 0.25) is 5.82 Å². The fourth-order valence-electron chi connectivity index (χ4n) is 2.38. The molecule has 0 fully saturated rings. The van der Waals surface area contributed by atoms with Gasteiger partial charge in [0.25, 0.3) is 5.91 Å². The molecule has 2 N–H and O–H groups in total. The van der Waals surface area contributed by atoms with E-state index in [1.54, 1.807) is 29.1 Å². The Labute approximate surface area is 150 Å². The number of carbonyl (C=O) groups excluding carboxylic acids is 1. The molecule has 0 atom stereocenters. The van der Waals surface area contributed by atoms with Crippen LogP contribution in [0.4, 0.5) is 0 Å². The first-order chi connectivity index (χ1) is 12.0. The molecule has 0 aliphatic heterocycles. The first kappa shape index (κ1) is 16.7. The zero-order chi connectivity index (χ0) is 18.0. The monoisotopic (exact) mass is 350 g/mol. The minimum absolute atomic E-state index is 0.139. The molecule has 2 aromatic heterocycles. The number of amides is 1. The van der Waals surface area contributed by atoms with Crippen LogP contribution in [0, 0.1) is 25.7 Å². The molecule has 0 spiro atoms. The Morgan fingerprint density at radius 3 is 2.56 bits per heavy atom. The number of imidazole rings is 1. The van der Waals surface area contributed by atoms with Crippen LogP contribution in [0.3, 0.4) is 0 Å². The quantitative estimate of drug-likeness (QED) is 0.722. The molecule has 0 bridgehead atoms. The minimum Gasteiger partial charge on any atom is -0.363 e. The first-order valence-electron chi connectivity index (χ1n) is 7.54. The van der Waals surface area contributed by atoms with Crippen molar-refractivity contribution < 1.29 is 4.79 Å². The molecule has 1 aromatic carbocycles. The van der Waals surface area contributed by atoms with Crippen LogP contribution in [0.1, 0.15) is 33.0 Å². The molecule has 6 heteroatoms. The molecule has 0 radical (unpaired) electrons. The van der Waals surface area contributed by atoms with Gasteiger partial charge >= 0.3 is 0 Å². The van der Waals surface area contributed by atoms with Gasteiger partial charge in [0.1, 0.15) is 0 Å². The van der Waals surface area contributed by atoms with Gasteiger partial charge in [-0.15, -0.1) is 0 Å². The maximum absolute atomic E-state index is 11.6. The average Bonchev–Trinajstić information content (AvgIpc) is 3.07. The largest absolute Gasteiger partial charge is 0.363 e. The van der Waals surface area contributed by atoms with Crippen LogP contribution in [0.15, 0.2) is 42.9 Å². The van der Waals surface area contributed by atoms with E-state index in [-0.39, 0.29) is 5.82 Å². The van der Waals surface area contributed by atoms with Crippen molar-refractivity contribution in [1.82, 2.24) is 14.5 Å². The van der Waals surface area contributed by atoms with E-state index in [9.17, 15) is 4.79 Å². The predicted molar refractivity (Wildman–Crippen MR) is 96.8 cm³/mol. The zero-order valence-electron chi connectivity index (χ0n) is 13.7. The van der Waals surface area contributed by atoms with Crippen LogP contribution in [0.5, 0.6) is 0 Å². The molecule has 5 nitrogen and oxygen atoms in total. The summed E-state index contributed by atoms with van der Waals surface area (Å²) in [6, 6.07) is 7.28. The summed E-state index contributed by atoms with van der Waals surface area (Å²) in [5.41, 5.74) is 9.47. The SMILES string of the molecule is Cc1ncc(-n2ccnc2C(N)=O)c(C#Cc2ccc(Cl)cc2)c1C. The van der Waals surface area contributed by atoms with E-state index in [1.165, 1.54) is 6.20 Å². The van der Waals surface area contributed by atoms with Crippen molar-refractivity contribution in [1.29, 1.82) is 0 Å². The Kier molecular flexibility index (Phi) is 4.55. The van der Waals surface area contributed by atoms with Crippen molar-refractivity contribution in [2.45, 2.75) is 13.8 Å². The second kappa shape index (κ2) is 6.80. The summed E-state index contributed by atoms with van der Waals surface area (Å²) < 4.78 is 1.60. The maximum atomic E-state index is 11.6. The van der Waals surface area contributed by atoms with Crippen LogP contribution < -0.4 is 5.73 Å². The molecule has 0 aliphatic carbocycles. The van der Waals surface area contributed by atoms with Crippen molar-refractivity contribution in [3.05, 3.63) is 76.1 Å². The fraction of sp³-hybridized carbons (Fsp3) is 0.105. The molecule has 0 saturated carbocycles. The van der Waals surface area contributed by atoms with E-state index >= 15 is 0 Å². The summed E-state index contributed by atoms with van der Waals surface area (Å²) in [5.74, 6) is 5.83. The van der Waals surface area contributed by atoms with Crippen molar-refractivity contribution in [3.8, 4) is 17.5 Å². The van der Waals surface area contributed by atoms with Gasteiger partial charge in [0, 0.05) is 28.7 Å². The normalized spacial score (nSPS) is 10.2. The second-order valence-electron chi connectivity index (χ2n) is 5.47. The van der Waals surface area contributed by atoms with Gasteiger partial charge in [0.15, 0.2) is 0 Å². The van der Waals surface area contributed by atoms with Gasteiger partial charge in [-0.05, 0) is 43.7 Å². The van der Waals surface area contributed by atoms with Crippen molar-refractivity contribution in [2.75, 3.05) is 0 Å². The molecule has 0 unspecified atom stereocenters. The summed E-state index contributed by atoms with van der Waals surface area (Å²) >= 11 is 5.90. The topological polar surface area (TPSA) is 73.8 Å². The summed E-state index contributed by atoms with van der Waals surface area (Å²) in [7, 11) is 0. The van der Waals surface area contributed by atoms with Crippen molar-refractivity contribution in [3.63, 3.8) is 0 Å². The Bertz CT molecular complexity index is 1010. The van der Waals surface area contributed by atoms with E-state index in [4.69, 9.17) is 17.3 Å². The second-order valence-corrected chi connectivity index (χ2v) is 5.91. The van der Waals surface area contributed by atoms with Crippen molar-refractivity contribution in [2.24, 2.45) is 5.73 Å². The number of benzene rings is 1. The number of nitrogens with zero attached hydrogens (tertiary/aromatic N) is 3. The van der Waals surface area contributed by atoms with E-state index < -0.39 is 5.91 Å². The minimum atomic E-state index is -0.611.